The fourth-order valence-corrected chi connectivity index (χ4v) is 0.722. The van der Waals surface area contributed by atoms with Crippen LogP contribution in [0.25, 0.3) is 0 Å². The van der Waals surface area contributed by atoms with Gasteiger partial charge in [0.25, 0.3) is 0 Å². The highest BCUT2D eigenvalue weighted by atomic mass is 32.1. The minimum Gasteiger partial charge on any atom is -0.321 e. The van der Waals surface area contributed by atoms with Crippen molar-refractivity contribution >= 4 is 12.2 Å². The lowest BCUT2D eigenvalue weighted by Crippen LogP contribution is -1.91. The van der Waals surface area contributed by atoms with E-state index in [0.29, 0.717) is 0 Å². The zero-order valence-electron chi connectivity index (χ0n) is 5.33. The molecule has 1 aromatic heterocycles. The number of hydrogen-bond acceptors (Lipinski definition) is 4. The zero-order chi connectivity index (χ0) is 8.27. The number of nitrogens with zero attached hydrogens (tertiary/aromatic N) is 3. The maximum atomic E-state index is 8.47. The first-order chi connectivity index (χ1) is 5.27. The van der Waals surface area contributed by atoms with Gasteiger partial charge in [0.2, 0.25) is 0 Å². The molecule has 0 saturated heterocycles. The molecule has 1 aromatic rings. The van der Waals surface area contributed by atoms with E-state index in [1.807, 2.05) is 6.07 Å². The van der Waals surface area contributed by atoms with Gasteiger partial charge in [-0.1, -0.05) is 0 Å². The van der Waals surface area contributed by atoms with Crippen LogP contribution in [0.3, 0.4) is 0 Å². The molecule has 4 nitrogen and oxygen atoms in total. The van der Waals surface area contributed by atoms with Crippen LogP contribution in [-0.2, 0) is 0 Å². The lowest BCUT2D eigenvalue weighted by atomic mass is 10.3. The van der Waals surface area contributed by atoms with E-state index < -0.39 is 0 Å². The second kappa shape index (κ2) is 2.91. The molecule has 0 aliphatic carbocycles. The third-order valence-corrected chi connectivity index (χ3v) is 1.25. The van der Waals surface area contributed by atoms with Gasteiger partial charge in [0.15, 0.2) is 4.77 Å². The van der Waals surface area contributed by atoms with E-state index in [2.05, 4.69) is 22.2 Å². The van der Waals surface area contributed by atoms with Crippen molar-refractivity contribution in [3.8, 4) is 12.1 Å². The standard InChI is InChI=1S/C6H2N4S/c7-1-4-3-9-6(11)10-5(4)2-8/h3H,(H,9,10,11). The second-order valence-electron chi connectivity index (χ2n) is 1.70. The fourth-order valence-electron chi connectivity index (χ4n) is 0.567. The van der Waals surface area contributed by atoms with Gasteiger partial charge in [0.05, 0.1) is 6.20 Å². The largest absolute Gasteiger partial charge is 0.321 e. The van der Waals surface area contributed by atoms with Crippen molar-refractivity contribution < 1.29 is 0 Å². The summed E-state index contributed by atoms with van der Waals surface area (Å²) in [7, 11) is 0. The quantitative estimate of drug-likeness (QED) is 0.574. The van der Waals surface area contributed by atoms with E-state index in [1.54, 1.807) is 6.07 Å². The number of nitrogens with one attached hydrogen (secondary N) is 1. The van der Waals surface area contributed by atoms with Gasteiger partial charge >= 0.3 is 0 Å². The summed E-state index contributed by atoms with van der Waals surface area (Å²) in [6.45, 7) is 0. The van der Waals surface area contributed by atoms with Crippen LogP contribution in [0, 0.1) is 27.4 Å². The number of hydrogen-bond donors (Lipinski definition) is 1. The van der Waals surface area contributed by atoms with E-state index in [-0.39, 0.29) is 16.0 Å². The molecule has 0 spiro atoms. The predicted molar refractivity (Wildman–Crippen MR) is 38.9 cm³/mol. The molecule has 0 saturated carbocycles. The Morgan fingerprint density at radius 2 is 2.18 bits per heavy atom. The topological polar surface area (TPSA) is 76.3 Å². The Hall–Kier alpha value is -1.72. The molecule has 0 amide bonds. The van der Waals surface area contributed by atoms with Crippen molar-refractivity contribution in [2.75, 3.05) is 0 Å². The van der Waals surface area contributed by atoms with Crippen molar-refractivity contribution in [2.24, 2.45) is 0 Å². The monoisotopic (exact) mass is 162 g/mol. The highest BCUT2D eigenvalue weighted by Gasteiger charge is 1.99. The van der Waals surface area contributed by atoms with E-state index in [9.17, 15) is 0 Å². The molecule has 0 aliphatic rings. The lowest BCUT2D eigenvalue weighted by molar-refractivity contribution is 1.09. The Labute approximate surface area is 67.7 Å². The summed E-state index contributed by atoms with van der Waals surface area (Å²) >= 11 is 4.65. The number of aromatic amines is 1. The molecule has 11 heavy (non-hydrogen) atoms. The van der Waals surface area contributed by atoms with E-state index in [4.69, 9.17) is 10.5 Å². The minimum atomic E-state index is 0.160. The normalized spacial score (nSPS) is 8.18. The molecule has 5 heteroatoms. The van der Waals surface area contributed by atoms with Gasteiger partial charge in [-0.3, -0.25) is 0 Å². The van der Waals surface area contributed by atoms with Crippen LogP contribution in [0.2, 0.25) is 0 Å². The summed E-state index contributed by atoms with van der Waals surface area (Å²) in [6.07, 6.45) is 1.28. The van der Waals surface area contributed by atoms with Gasteiger partial charge in [0.1, 0.15) is 23.4 Å². The summed E-state index contributed by atoms with van der Waals surface area (Å²) < 4.78 is 0.209. The first-order valence-electron chi connectivity index (χ1n) is 2.67. The molecule has 0 atom stereocenters. The minimum absolute atomic E-state index is 0.160. The van der Waals surface area contributed by atoms with Gasteiger partial charge < -0.3 is 4.98 Å². The summed E-state index contributed by atoms with van der Waals surface area (Å²) in [5, 5.41) is 16.9. The Morgan fingerprint density at radius 3 is 2.73 bits per heavy atom. The molecule has 0 fully saturated rings. The van der Waals surface area contributed by atoms with Crippen molar-refractivity contribution in [3.05, 3.63) is 22.2 Å². The molecule has 1 heterocycles. The van der Waals surface area contributed by atoms with Crippen LogP contribution in [0.4, 0.5) is 0 Å². The van der Waals surface area contributed by atoms with E-state index in [0.717, 1.165) is 0 Å². The Balaban J connectivity index is 3.46. The average molecular weight is 162 g/mol. The summed E-state index contributed by atoms with van der Waals surface area (Å²) in [5.41, 5.74) is 0.369. The lowest BCUT2D eigenvalue weighted by Gasteiger charge is -1.90. The molecule has 1 N–H and O–H groups in total. The highest BCUT2D eigenvalue weighted by Crippen LogP contribution is 1.98. The zero-order valence-corrected chi connectivity index (χ0v) is 6.14. The second-order valence-corrected chi connectivity index (χ2v) is 2.09. The third kappa shape index (κ3) is 1.40. The molecule has 0 aromatic carbocycles. The molecule has 52 valence electrons. The third-order valence-electron chi connectivity index (χ3n) is 1.04. The van der Waals surface area contributed by atoms with Crippen LogP contribution in [0.15, 0.2) is 6.20 Å². The maximum absolute atomic E-state index is 8.47. The van der Waals surface area contributed by atoms with Gasteiger partial charge in [-0.2, -0.15) is 10.5 Å². The van der Waals surface area contributed by atoms with Crippen LogP contribution in [0.5, 0.6) is 0 Å². The maximum Gasteiger partial charge on any atom is 0.197 e. The summed E-state index contributed by atoms with van der Waals surface area (Å²) in [5.74, 6) is 0. The molecular formula is C6H2N4S. The van der Waals surface area contributed by atoms with Crippen LogP contribution in [-0.4, -0.2) is 9.97 Å². The average Bonchev–Trinajstić information content (AvgIpc) is 2.04. The number of nitriles is 2. The first-order valence-corrected chi connectivity index (χ1v) is 3.08. The van der Waals surface area contributed by atoms with Crippen molar-refractivity contribution in [3.63, 3.8) is 0 Å². The Bertz CT molecular complexity index is 406. The van der Waals surface area contributed by atoms with Gasteiger partial charge in [-0.05, 0) is 12.2 Å². The molecule has 0 radical (unpaired) electrons. The predicted octanol–water partition coefficient (Wildman–Crippen LogP) is 0.883. The van der Waals surface area contributed by atoms with Crippen LogP contribution >= 0.6 is 12.2 Å². The van der Waals surface area contributed by atoms with Gasteiger partial charge in [-0.25, -0.2) is 4.98 Å². The van der Waals surface area contributed by atoms with E-state index >= 15 is 0 Å². The number of rotatable bonds is 0. The molecule has 1 rings (SSSR count). The van der Waals surface area contributed by atoms with Crippen LogP contribution in [0.1, 0.15) is 11.3 Å². The molecule has 0 bridgehead atoms. The summed E-state index contributed by atoms with van der Waals surface area (Å²) in [6, 6.07) is 3.61. The van der Waals surface area contributed by atoms with Crippen molar-refractivity contribution in [1.29, 1.82) is 10.5 Å². The van der Waals surface area contributed by atoms with Crippen molar-refractivity contribution in [2.45, 2.75) is 0 Å². The van der Waals surface area contributed by atoms with Gasteiger partial charge in [0, 0.05) is 0 Å². The van der Waals surface area contributed by atoms with Crippen LogP contribution < -0.4 is 0 Å². The van der Waals surface area contributed by atoms with Crippen molar-refractivity contribution in [1.82, 2.24) is 9.97 Å². The van der Waals surface area contributed by atoms with Gasteiger partial charge in [-0.15, -0.1) is 0 Å². The Kier molecular flexibility index (Phi) is 1.95. The highest BCUT2D eigenvalue weighted by molar-refractivity contribution is 7.71. The Morgan fingerprint density at radius 1 is 1.45 bits per heavy atom. The number of aromatic nitrogens is 2. The number of H-pyrrole nitrogens is 1. The smallest absolute Gasteiger partial charge is 0.197 e. The first kappa shape index (κ1) is 7.39. The summed E-state index contributed by atoms with van der Waals surface area (Å²) in [4.78, 5) is 6.14. The molecular weight excluding hydrogens is 160 g/mol. The molecule has 0 aliphatic heterocycles. The molecule has 0 unspecified atom stereocenters. The van der Waals surface area contributed by atoms with E-state index in [1.165, 1.54) is 6.20 Å². The fraction of sp³-hybridized carbons (Fsp3) is 0. The SMILES string of the molecule is N#Cc1cnc(=S)[nH]c1C#N.